The number of aromatic nitrogens is 2. The van der Waals surface area contributed by atoms with Crippen molar-refractivity contribution >= 4 is 23.6 Å². The van der Waals surface area contributed by atoms with Crippen LogP contribution < -0.4 is 5.32 Å². The Morgan fingerprint density at radius 3 is 2.17 bits per heavy atom. The number of para-hydroxylation sites is 1. The van der Waals surface area contributed by atoms with E-state index in [4.69, 9.17) is 9.90 Å². The van der Waals surface area contributed by atoms with Crippen LogP contribution in [0.2, 0.25) is 0 Å². The number of halogens is 1. The lowest BCUT2D eigenvalue weighted by Gasteiger charge is -2.07. The number of ether oxygens (including phenoxy) is 1. The highest BCUT2D eigenvalue weighted by atomic mass is 19.1. The predicted octanol–water partition coefficient (Wildman–Crippen LogP) is 4.81. The zero-order chi connectivity index (χ0) is 27.5. The summed E-state index contributed by atoms with van der Waals surface area (Å²) in [5, 5.41) is 10.7. The average molecular weight is 496 g/mol. The van der Waals surface area contributed by atoms with Gasteiger partial charge >= 0.3 is 0 Å². The van der Waals surface area contributed by atoms with Gasteiger partial charge in [-0.3, -0.25) is 4.79 Å². The number of nitrogens with one attached hydrogen (secondary N) is 2. The lowest BCUT2D eigenvalue weighted by molar-refractivity contribution is -0.0980. The van der Waals surface area contributed by atoms with Gasteiger partial charge in [-0.15, -0.1) is 13.2 Å². The molecule has 1 amide bonds. The van der Waals surface area contributed by atoms with Crippen molar-refractivity contribution in [2.24, 2.45) is 0 Å². The van der Waals surface area contributed by atoms with Crippen molar-refractivity contribution < 1.29 is 23.8 Å². The van der Waals surface area contributed by atoms with Crippen LogP contribution in [-0.2, 0) is 16.0 Å². The van der Waals surface area contributed by atoms with Gasteiger partial charge in [0.1, 0.15) is 18.3 Å². The third-order valence-electron chi connectivity index (χ3n) is 4.57. The molecular formula is C28H34FN3O4. The number of hydrogen-bond acceptors (Lipinski definition) is 5. The molecule has 192 valence electrons. The number of nitrogens with zero attached hydrogens (tertiary/aromatic N) is 1. The van der Waals surface area contributed by atoms with Gasteiger partial charge in [0, 0.05) is 51.4 Å². The zero-order valence-corrected chi connectivity index (χ0v) is 21.2. The molecule has 2 aromatic carbocycles. The summed E-state index contributed by atoms with van der Waals surface area (Å²) in [6.07, 6.45) is 0.557. The van der Waals surface area contributed by atoms with Crippen LogP contribution in [0, 0.1) is 5.82 Å². The van der Waals surface area contributed by atoms with Gasteiger partial charge in [0.15, 0.2) is 0 Å². The Labute approximate surface area is 211 Å². The van der Waals surface area contributed by atoms with Crippen molar-refractivity contribution in [1.82, 2.24) is 15.3 Å². The van der Waals surface area contributed by atoms with Crippen molar-refractivity contribution in [3.8, 4) is 11.3 Å². The van der Waals surface area contributed by atoms with Crippen molar-refractivity contribution in [1.29, 1.82) is 0 Å². The second-order valence-electron chi connectivity index (χ2n) is 6.71. The van der Waals surface area contributed by atoms with Crippen LogP contribution in [0.1, 0.15) is 21.7 Å². The Balaban J connectivity index is 0.00000122. The first kappa shape index (κ1) is 31.9. The van der Waals surface area contributed by atoms with Crippen molar-refractivity contribution in [3.05, 3.63) is 103 Å². The molecule has 0 radical (unpaired) electrons. The second kappa shape index (κ2) is 18.2. The third kappa shape index (κ3) is 8.90. The summed E-state index contributed by atoms with van der Waals surface area (Å²) in [6.45, 7) is 8.00. The summed E-state index contributed by atoms with van der Waals surface area (Å²) >= 11 is 0. The van der Waals surface area contributed by atoms with E-state index >= 15 is 0 Å². The lowest BCUT2D eigenvalue weighted by Crippen LogP contribution is -2.19. The van der Waals surface area contributed by atoms with Gasteiger partial charge in [0.25, 0.3) is 5.91 Å². The van der Waals surface area contributed by atoms with Gasteiger partial charge in [-0.2, -0.15) is 0 Å². The van der Waals surface area contributed by atoms with E-state index in [9.17, 15) is 9.18 Å². The van der Waals surface area contributed by atoms with E-state index in [2.05, 4.69) is 39.2 Å². The Morgan fingerprint density at radius 2 is 1.58 bits per heavy atom. The molecule has 0 aliphatic carbocycles. The van der Waals surface area contributed by atoms with E-state index in [1.807, 2.05) is 37.1 Å². The van der Waals surface area contributed by atoms with Crippen LogP contribution in [0.15, 0.2) is 79.9 Å². The number of aliphatic hydroxyl groups is 1. The number of methoxy groups -OCH3 is 1. The van der Waals surface area contributed by atoms with Gasteiger partial charge in [-0.05, 0) is 53.6 Å². The standard InChI is InChI=1S/C22H18FN3O.C2H6O.C2H4.CH4O.CH2O/c1-24-22(27)20-8-4-5-16(25-20)13-18-17-6-2-3-7-19(17)26-21(18)14-9-11-15(23)12-10-14;1-3-2;3*1-2/h2-12,26H,13H2,1H3,(H,24,27);1-2H3;1-2H2;2H,1H3;1H2. The van der Waals surface area contributed by atoms with E-state index in [1.165, 1.54) is 12.1 Å². The van der Waals surface area contributed by atoms with Crippen molar-refractivity contribution in [2.75, 3.05) is 28.4 Å². The van der Waals surface area contributed by atoms with Crippen molar-refractivity contribution in [3.63, 3.8) is 0 Å². The topological polar surface area (TPSA) is 104 Å². The number of pyridine rings is 1. The zero-order valence-electron chi connectivity index (χ0n) is 21.2. The molecule has 0 fully saturated rings. The summed E-state index contributed by atoms with van der Waals surface area (Å²) in [6, 6.07) is 19.9. The number of aromatic amines is 1. The van der Waals surface area contributed by atoms with Gasteiger partial charge < -0.3 is 24.9 Å². The van der Waals surface area contributed by atoms with Gasteiger partial charge in [0.05, 0.1) is 5.69 Å². The van der Waals surface area contributed by atoms with Gasteiger partial charge in [-0.1, -0.05) is 24.3 Å². The number of aliphatic hydroxyl groups excluding tert-OH is 1. The highest BCUT2D eigenvalue weighted by Crippen LogP contribution is 2.32. The minimum Gasteiger partial charge on any atom is -0.400 e. The Morgan fingerprint density at radius 1 is 1.00 bits per heavy atom. The quantitative estimate of drug-likeness (QED) is 0.353. The van der Waals surface area contributed by atoms with E-state index < -0.39 is 0 Å². The number of carbonyl (C=O) groups excluding carboxylic acids is 2. The molecule has 0 saturated heterocycles. The highest BCUT2D eigenvalue weighted by molar-refractivity contribution is 5.92. The Bertz CT molecular complexity index is 1180. The Hall–Kier alpha value is -4.14. The summed E-state index contributed by atoms with van der Waals surface area (Å²) in [4.78, 5) is 27.8. The number of amides is 1. The second-order valence-corrected chi connectivity index (χ2v) is 6.71. The van der Waals surface area contributed by atoms with Crippen molar-refractivity contribution in [2.45, 2.75) is 6.42 Å². The average Bonchev–Trinajstić information content (AvgIpc) is 3.31. The molecule has 0 bridgehead atoms. The third-order valence-corrected chi connectivity index (χ3v) is 4.57. The van der Waals surface area contributed by atoms with E-state index in [0.29, 0.717) is 12.1 Å². The number of fused-ring (bicyclic) bond motifs is 1. The maximum Gasteiger partial charge on any atom is 0.269 e. The maximum atomic E-state index is 13.3. The molecule has 0 aliphatic rings. The van der Waals surface area contributed by atoms with Crippen LogP contribution in [-0.4, -0.2) is 56.1 Å². The number of rotatable bonds is 4. The molecule has 3 N–H and O–H groups in total. The Kier molecular flexibility index (Phi) is 16.1. The molecule has 0 spiro atoms. The summed E-state index contributed by atoms with van der Waals surface area (Å²) in [5.41, 5.74) is 5.10. The van der Waals surface area contributed by atoms with Crippen LogP contribution in [0.3, 0.4) is 0 Å². The van der Waals surface area contributed by atoms with E-state index in [1.54, 1.807) is 39.5 Å². The molecule has 0 saturated carbocycles. The molecule has 2 aromatic heterocycles. The molecule has 7 nitrogen and oxygen atoms in total. The number of carbonyl (C=O) groups is 2. The first-order valence-electron chi connectivity index (χ1n) is 10.7. The van der Waals surface area contributed by atoms with Gasteiger partial charge in [0.2, 0.25) is 0 Å². The molecule has 0 atom stereocenters. The normalized spacial score (nSPS) is 9.06. The molecule has 0 aliphatic heterocycles. The van der Waals surface area contributed by atoms with E-state index in [0.717, 1.165) is 40.5 Å². The number of hydrogen-bond donors (Lipinski definition) is 3. The number of H-pyrrole nitrogens is 1. The monoisotopic (exact) mass is 495 g/mol. The highest BCUT2D eigenvalue weighted by Gasteiger charge is 2.15. The van der Waals surface area contributed by atoms with Crippen LogP contribution in [0.5, 0.6) is 0 Å². The fourth-order valence-electron chi connectivity index (χ4n) is 3.26. The molecular weight excluding hydrogens is 461 g/mol. The fourth-order valence-corrected chi connectivity index (χ4v) is 3.26. The van der Waals surface area contributed by atoms with Crippen LogP contribution >= 0.6 is 0 Å². The minimum atomic E-state index is -0.267. The maximum absolute atomic E-state index is 13.3. The molecule has 2 heterocycles. The first-order valence-corrected chi connectivity index (χ1v) is 10.7. The SMILES string of the molecule is C=C.C=O.CNC(=O)c1cccc(Cc2c(-c3ccc(F)cc3)[nH]c3ccccc23)n1.CO.COC. The largest absolute Gasteiger partial charge is 0.400 e. The summed E-state index contributed by atoms with van der Waals surface area (Å²) in [5.74, 6) is -0.481. The number of benzene rings is 2. The molecule has 36 heavy (non-hydrogen) atoms. The molecule has 0 unspecified atom stereocenters. The fraction of sp³-hybridized carbons (Fsp3) is 0.179. The van der Waals surface area contributed by atoms with Crippen LogP contribution in [0.4, 0.5) is 4.39 Å². The molecule has 4 rings (SSSR count). The van der Waals surface area contributed by atoms with Crippen LogP contribution in [0.25, 0.3) is 22.2 Å². The van der Waals surface area contributed by atoms with E-state index in [-0.39, 0.29) is 11.7 Å². The smallest absolute Gasteiger partial charge is 0.269 e. The summed E-state index contributed by atoms with van der Waals surface area (Å²) in [7, 11) is 5.84. The molecule has 4 aromatic rings. The minimum absolute atomic E-state index is 0.213. The molecule has 8 heteroatoms. The first-order chi connectivity index (χ1) is 17.6. The lowest BCUT2D eigenvalue weighted by atomic mass is 10.0. The van der Waals surface area contributed by atoms with Gasteiger partial charge in [-0.25, -0.2) is 9.37 Å². The summed E-state index contributed by atoms with van der Waals surface area (Å²) < 4.78 is 17.6. The predicted molar refractivity (Wildman–Crippen MR) is 144 cm³/mol.